The lowest BCUT2D eigenvalue weighted by molar-refractivity contribution is -0.384. The number of nitro benzene ring substituents is 1. The Morgan fingerprint density at radius 3 is 2.19 bits per heavy atom. The van der Waals surface area contributed by atoms with Crippen LogP contribution in [-0.4, -0.2) is 23.8 Å². The Labute approximate surface area is 126 Å². The minimum atomic E-state index is -0.460. The number of Topliss-reactive ketones (excluding diaryl/α,β-unsaturated/α-hetero) is 1. The van der Waals surface area contributed by atoms with Crippen molar-refractivity contribution in [1.29, 1.82) is 0 Å². The van der Waals surface area contributed by atoms with E-state index >= 15 is 0 Å². The van der Waals surface area contributed by atoms with Crippen molar-refractivity contribution in [3.63, 3.8) is 0 Å². The van der Waals surface area contributed by atoms with E-state index in [0.717, 1.165) is 44.5 Å². The molecule has 1 aromatic carbocycles. The van der Waals surface area contributed by atoms with E-state index in [-0.39, 0.29) is 11.5 Å². The van der Waals surface area contributed by atoms with Gasteiger partial charge in [-0.1, -0.05) is 26.7 Å². The van der Waals surface area contributed by atoms with Gasteiger partial charge in [-0.15, -0.1) is 0 Å². The van der Waals surface area contributed by atoms with Crippen LogP contribution in [0.3, 0.4) is 0 Å². The predicted molar refractivity (Wildman–Crippen MR) is 85.1 cm³/mol. The summed E-state index contributed by atoms with van der Waals surface area (Å²) in [7, 11) is 0. The average Bonchev–Trinajstić information content (AvgIpc) is 2.46. The number of ketones is 1. The fraction of sp³-hybridized carbons (Fsp3) is 0.562. The largest absolute Gasteiger partial charge is 0.371 e. The summed E-state index contributed by atoms with van der Waals surface area (Å²) in [5, 5.41) is 10.9. The molecule has 0 atom stereocenters. The molecule has 5 heteroatoms. The Balaban J connectivity index is 3.15. The number of rotatable bonds is 9. The van der Waals surface area contributed by atoms with Crippen LogP contribution in [0.2, 0.25) is 0 Å². The summed E-state index contributed by atoms with van der Waals surface area (Å²) in [4.78, 5) is 24.4. The highest BCUT2D eigenvalue weighted by atomic mass is 16.6. The maximum absolute atomic E-state index is 11.8. The summed E-state index contributed by atoms with van der Waals surface area (Å²) in [6.45, 7) is 7.45. The van der Waals surface area contributed by atoms with Gasteiger partial charge in [-0.05, 0) is 25.8 Å². The molecule has 116 valence electrons. The molecule has 0 saturated carbocycles. The summed E-state index contributed by atoms with van der Waals surface area (Å²) in [6, 6.07) is 4.58. The number of non-ortho nitro benzene ring substituents is 1. The van der Waals surface area contributed by atoms with Crippen LogP contribution in [0.25, 0.3) is 0 Å². The molecule has 0 bridgehead atoms. The molecule has 21 heavy (non-hydrogen) atoms. The van der Waals surface area contributed by atoms with Crippen LogP contribution >= 0.6 is 0 Å². The zero-order chi connectivity index (χ0) is 15.8. The third-order valence-electron chi connectivity index (χ3n) is 3.47. The van der Waals surface area contributed by atoms with Crippen LogP contribution in [0.4, 0.5) is 11.4 Å². The zero-order valence-electron chi connectivity index (χ0n) is 13.1. The monoisotopic (exact) mass is 292 g/mol. The van der Waals surface area contributed by atoms with Crippen molar-refractivity contribution in [2.45, 2.75) is 46.5 Å². The number of nitro groups is 1. The highest BCUT2D eigenvalue weighted by Gasteiger charge is 2.17. The second-order valence-electron chi connectivity index (χ2n) is 5.21. The number of hydrogen-bond donors (Lipinski definition) is 0. The van der Waals surface area contributed by atoms with Crippen molar-refractivity contribution in [2.24, 2.45) is 0 Å². The summed E-state index contributed by atoms with van der Waals surface area (Å²) in [5.41, 5.74) is 1.22. The van der Waals surface area contributed by atoms with E-state index in [2.05, 4.69) is 18.7 Å². The third-order valence-corrected chi connectivity index (χ3v) is 3.47. The summed E-state index contributed by atoms with van der Waals surface area (Å²) < 4.78 is 0. The fourth-order valence-electron chi connectivity index (χ4n) is 2.25. The van der Waals surface area contributed by atoms with Gasteiger partial charge in [0.05, 0.1) is 4.92 Å². The smallest absolute Gasteiger partial charge is 0.270 e. The minimum absolute atomic E-state index is 0.0325. The molecule has 0 unspecified atom stereocenters. The van der Waals surface area contributed by atoms with Crippen molar-refractivity contribution in [1.82, 2.24) is 0 Å². The standard InChI is InChI=1S/C16H24N2O3/c1-4-6-10-17(11-7-5-2)16-9-8-14(18(20)21)12-15(16)13(3)19/h8-9,12H,4-7,10-11H2,1-3H3. The highest BCUT2D eigenvalue weighted by Crippen LogP contribution is 2.26. The van der Waals surface area contributed by atoms with Crippen LogP contribution in [0, 0.1) is 10.1 Å². The quantitative estimate of drug-likeness (QED) is 0.388. The SMILES string of the molecule is CCCCN(CCCC)c1ccc([N+](=O)[O-])cc1C(C)=O. The van der Waals surface area contributed by atoms with Gasteiger partial charge in [-0.2, -0.15) is 0 Å². The molecule has 0 radical (unpaired) electrons. The second-order valence-corrected chi connectivity index (χ2v) is 5.21. The first-order valence-electron chi connectivity index (χ1n) is 7.55. The van der Waals surface area contributed by atoms with Gasteiger partial charge < -0.3 is 4.90 Å². The number of carbonyl (C=O) groups excluding carboxylic acids is 1. The first kappa shape index (κ1) is 17.1. The number of carbonyl (C=O) groups is 1. The van der Waals surface area contributed by atoms with Crippen LogP contribution in [0.15, 0.2) is 18.2 Å². The molecule has 0 saturated heterocycles. The van der Waals surface area contributed by atoms with Gasteiger partial charge in [0.2, 0.25) is 0 Å². The molecular formula is C16H24N2O3. The van der Waals surface area contributed by atoms with E-state index in [0.29, 0.717) is 5.56 Å². The molecule has 0 fully saturated rings. The van der Waals surface area contributed by atoms with Crippen LogP contribution in [0.5, 0.6) is 0 Å². The Morgan fingerprint density at radius 1 is 1.19 bits per heavy atom. The molecule has 0 aliphatic rings. The number of hydrogen-bond acceptors (Lipinski definition) is 4. The maximum Gasteiger partial charge on any atom is 0.270 e. The molecule has 0 aliphatic carbocycles. The van der Waals surface area contributed by atoms with Gasteiger partial charge in [0.1, 0.15) is 0 Å². The fourth-order valence-corrected chi connectivity index (χ4v) is 2.25. The lowest BCUT2D eigenvalue weighted by atomic mass is 10.1. The van der Waals surface area contributed by atoms with Crippen LogP contribution < -0.4 is 4.90 Å². The topological polar surface area (TPSA) is 63.4 Å². The summed E-state index contributed by atoms with van der Waals surface area (Å²) in [5.74, 6) is -0.133. The van der Waals surface area contributed by atoms with Crippen LogP contribution in [0.1, 0.15) is 56.8 Å². The molecule has 5 nitrogen and oxygen atoms in total. The van der Waals surface area contributed by atoms with E-state index in [1.807, 2.05) is 0 Å². The summed E-state index contributed by atoms with van der Waals surface area (Å²) in [6.07, 6.45) is 4.23. The maximum atomic E-state index is 11.8. The Kier molecular flexibility index (Phi) is 6.85. The average molecular weight is 292 g/mol. The molecule has 0 aliphatic heterocycles. The molecule has 0 heterocycles. The van der Waals surface area contributed by atoms with Gasteiger partial charge in [0.15, 0.2) is 5.78 Å². The van der Waals surface area contributed by atoms with Crippen molar-refractivity contribution in [2.75, 3.05) is 18.0 Å². The van der Waals surface area contributed by atoms with Gasteiger partial charge >= 0.3 is 0 Å². The van der Waals surface area contributed by atoms with Gasteiger partial charge in [0, 0.05) is 36.5 Å². The van der Waals surface area contributed by atoms with Crippen molar-refractivity contribution < 1.29 is 9.72 Å². The zero-order valence-corrected chi connectivity index (χ0v) is 13.1. The van der Waals surface area contributed by atoms with Gasteiger partial charge in [-0.25, -0.2) is 0 Å². The normalized spacial score (nSPS) is 10.4. The summed E-state index contributed by atoms with van der Waals surface area (Å²) >= 11 is 0. The van der Waals surface area contributed by atoms with E-state index in [1.54, 1.807) is 6.07 Å². The third kappa shape index (κ3) is 4.85. The molecule has 1 rings (SSSR count). The Bertz CT molecular complexity index is 492. The number of unbranched alkanes of at least 4 members (excludes halogenated alkanes) is 2. The molecule has 0 amide bonds. The van der Waals surface area contributed by atoms with Crippen molar-refractivity contribution >= 4 is 17.2 Å². The lowest BCUT2D eigenvalue weighted by Gasteiger charge is -2.26. The Hall–Kier alpha value is -1.91. The van der Waals surface area contributed by atoms with Crippen molar-refractivity contribution in [3.05, 3.63) is 33.9 Å². The molecule has 1 aromatic rings. The first-order valence-corrected chi connectivity index (χ1v) is 7.55. The van der Waals surface area contributed by atoms with E-state index in [9.17, 15) is 14.9 Å². The number of nitrogens with zero attached hydrogens (tertiary/aromatic N) is 2. The van der Waals surface area contributed by atoms with Crippen LogP contribution in [-0.2, 0) is 0 Å². The van der Waals surface area contributed by atoms with Gasteiger partial charge in [0.25, 0.3) is 5.69 Å². The number of benzene rings is 1. The lowest BCUT2D eigenvalue weighted by Crippen LogP contribution is -2.27. The minimum Gasteiger partial charge on any atom is -0.371 e. The molecule has 0 spiro atoms. The molecule has 0 N–H and O–H groups in total. The molecule has 0 aromatic heterocycles. The van der Waals surface area contributed by atoms with Crippen molar-refractivity contribution in [3.8, 4) is 0 Å². The Morgan fingerprint density at radius 2 is 1.76 bits per heavy atom. The van der Waals surface area contributed by atoms with E-state index in [1.165, 1.54) is 19.1 Å². The highest BCUT2D eigenvalue weighted by molar-refractivity contribution is 6.00. The second kappa shape index (κ2) is 8.39. The first-order chi connectivity index (χ1) is 10.0. The number of anilines is 1. The van der Waals surface area contributed by atoms with E-state index in [4.69, 9.17) is 0 Å². The van der Waals surface area contributed by atoms with E-state index < -0.39 is 4.92 Å². The predicted octanol–water partition coefficient (Wildman–Crippen LogP) is 4.20. The van der Waals surface area contributed by atoms with Gasteiger partial charge in [-0.3, -0.25) is 14.9 Å². The molecular weight excluding hydrogens is 268 g/mol.